The smallest absolute Gasteiger partial charge is 0.295 e. The summed E-state index contributed by atoms with van der Waals surface area (Å²) in [4.78, 5) is 16.2. The lowest BCUT2D eigenvalue weighted by molar-refractivity contribution is 0.101. The van der Waals surface area contributed by atoms with Crippen LogP contribution in [0.2, 0.25) is 0 Å². The van der Waals surface area contributed by atoms with Gasteiger partial charge in [-0.15, -0.1) is 5.10 Å². The molecule has 1 heterocycles. The number of hydrogen-bond acceptors (Lipinski definition) is 5. The molecule has 0 saturated carbocycles. The summed E-state index contributed by atoms with van der Waals surface area (Å²) < 4.78 is 5.41. The molecule has 1 aromatic heterocycles. The Morgan fingerprint density at radius 3 is 3.10 bits per heavy atom. The monoisotopic (exact) mass is 289 g/mol. The molecule has 0 atom stereocenters. The number of ether oxygens (including phenoxy) is 1. The number of hydrogen-bond donors (Lipinski definition) is 3. The minimum Gasteiger partial charge on any atom is -0.492 e. The first-order valence-electron chi connectivity index (χ1n) is 6.88. The molecular formula is C14H19N5O2. The van der Waals surface area contributed by atoms with Gasteiger partial charge in [-0.1, -0.05) is 13.0 Å². The van der Waals surface area contributed by atoms with Gasteiger partial charge in [-0.25, -0.2) is 4.98 Å². The number of aromatic amines is 1. The Bertz CT molecular complexity index is 597. The van der Waals surface area contributed by atoms with E-state index >= 15 is 0 Å². The third-order valence-electron chi connectivity index (χ3n) is 2.70. The predicted octanol–water partition coefficient (Wildman–Crippen LogP) is 1.35. The summed E-state index contributed by atoms with van der Waals surface area (Å²) in [6.07, 6.45) is 1.71. The van der Waals surface area contributed by atoms with Crippen molar-refractivity contribution in [1.82, 2.24) is 15.2 Å². The van der Waals surface area contributed by atoms with Crippen LogP contribution < -0.4 is 15.8 Å². The van der Waals surface area contributed by atoms with Gasteiger partial charge in [0.25, 0.3) is 5.91 Å². The molecule has 1 aromatic carbocycles. The fourth-order valence-corrected chi connectivity index (χ4v) is 1.77. The van der Waals surface area contributed by atoms with Crippen LogP contribution in [0.4, 0.5) is 5.69 Å². The lowest BCUT2D eigenvalue weighted by Gasteiger charge is -2.07. The minimum absolute atomic E-state index is 0.131. The van der Waals surface area contributed by atoms with Gasteiger partial charge in [-0.05, 0) is 18.6 Å². The SMILES string of the molecule is CCCc1nc(C(=O)Nc2cccc(OCCN)c2)n[nH]1. The van der Waals surface area contributed by atoms with E-state index in [1.165, 1.54) is 0 Å². The molecule has 112 valence electrons. The van der Waals surface area contributed by atoms with E-state index in [2.05, 4.69) is 20.5 Å². The van der Waals surface area contributed by atoms with E-state index in [0.717, 1.165) is 12.8 Å². The molecule has 1 amide bonds. The number of aryl methyl sites for hydroxylation is 1. The zero-order chi connectivity index (χ0) is 15.1. The van der Waals surface area contributed by atoms with Gasteiger partial charge in [-0.3, -0.25) is 9.89 Å². The van der Waals surface area contributed by atoms with Gasteiger partial charge in [0, 0.05) is 24.7 Å². The molecule has 0 radical (unpaired) electrons. The van der Waals surface area contributed by atoms with Gasteiger partial charge in [0.05, 0.1) is 0 Å². The zero-order valence-electron chi connectivity index (χ0n) is 11.9. The van der Waals surface area contributed by atoms with Crippen molar-refractivity contribution in [2.45, 2.75) is 19.8 Å². The first-order chi connectivity index (χ1) is 10.2. The highest BCUT2D eigenvalue weighted by Crippen LogP contribution is 2.17. The Morgan fingerprint density at radius 1 is 1.48 bits per heavy atom. The molecule has 2 aromatic rings. The molecule has 0 spiro atoms. The Balaban J connectivity index is 2.01. The maximum absolute atomic E-state index is 12.0. The minimum atomic E-state index is -0.357. The maximum atomic E-state index is 12.0. The Kier molecular flexibility index (Phi) is 5.28. The number of anilines is 1. The van der Waals surface area contributed by atoms with Gasteiger partial charge < -0.3 is 15.8 Å². The number of H-pyrrole nitrogens is 1. The first-order valence-corrected chi connectivity index (χ1v) is 6.88. The average Bonchev–Trinajstić information content (AvgIpc) is 2.95. The number of carbonyl (C=O) groups is 1. The number of nitrogens with one attached hydrogen (secondary N) is 2. The topological polar surface area (TPSA) is 106 Å². The first kappa shape index (κ1) is 15.0. The second-order valence-corrected chi connectivity index (χ2v) is 4.47. The summed E-state index contributed by atoms with van der Waals surface area (Å²) >= 11 is 0. The third kappa shape index (κ3) is 4.28. The quantitative estimate of drug-likeness (QED) is 0.713. The Morgan fingerprint density at radius 2 is 2.33 bits per heavy atom. The summed E-state index contributed by atoms with van der Waals surface area (Å²) in [5.74, 6) is 1.14. The fourth-order valence-electron chi connectivity index (χ4n) is 1.77. The largest absolute Gasteiger partial charge is 0.492 e. The molecular weight excluding hydrogens is 270 g/mol. The van der Waals surface area contributed by atoms with Crippen molar-refractivity contribution in [3.8, 4) is 5.75 Å². The van der Waals surface area contributed by atoms with Crippen LogP contribution in [-0.2, 0) is 6.42 Å². The van der Waals surface area contributed by atoms with Gasteiger partial charge >= 0.3 is 0 Å². The lowest BCUT2D eigenvalue weighted by Crippen LogP contribution is -2.14. The van der Waals surface area contributed by atoms with Crippen LogP contribution >= 0.6 is 0 Å². The van der Waals surface area contributed by atoms with Gasteiger partial charge in [0.2, 0.25) is 5.82 Å². The molecule has 7 heteroatoms. The normalized spacial score (nSPS) is 10.4. The highest BCUT2D eigenvalue weighted by atomic mass is 16.5. The molecule has 0 aliphatic heterocycles. The number of nitrogens with two attached hydrogens (primary N) is 1. The van der Waals surface area contributed by atoms with Crippen LogP contribution in [0.5, 0.6) is 5.75 Å². The summed E-state index contributed by atoms with van der Waals surface area (Å²) in [5.41, 5.74) is 6.00. The number of rotatable bonds is 7. The van der Waals surface area contributed by atoms with Crippen LogP contribution in [0.3, 0.4) is 0 Å². The van der Waals surface area contributed by atoms with Crippen molar-refractivity contribution in [1.29, 1.82) is 0 Å². The van der Waals surface area contributed by atoms with E-state index in [-0.39, 0.29) is 11.7 Å². The second kappa shape index (κ2) is 7.39. The predicted molar refractivity (Wildman–Crippen MR) is 79.3 cm³/mol. The van der Waals surface area contributed by atoms with E-state index in [4.69, 9.17) is 10.5 Å². The van der Waals surface area contributed by atoms with Crippen LogP contribution in [-0.4, -0.2) is 34.2 Å². The molecule has 21 heavy (non-hydrogen) atoms. The molecule has 0 unspecified atom stereocenters. The number of nitrogens with zero attached hydrogens (tertiary/aromatic N) is 2. The number of aromatic nitrogens is 3. The molecule has 0 saturated heterocycles. The Hall–Kier alpha value is -2.41. The third-order valence-corrected chi connectivity index (χ3v) is 2.70. The molecule has 0 fully saturated rings. The van der Waals surface area contributed by atoms with Crippen molar-refractivity contribution in [2.75, 3.05) is 18.5 Å². The van der Waals surface area contributed by atoms with Gasteiger partial charge in [0.15, 0.2) is 0 Å². The highest BCUT2D eigenvalue weighted by molar-refractivity contribution is 6.01. The van der Waals surface area contributed by atoms with Gasteiger partial charge in [0.1, 0.15) is 18.2 Å². The standard InChI is InChI=1S/C14H19N5O2/c1-2-4-12-17-13(19-18-12)14(20)16-10-5-3-6-11(9-10)21-8-7-15/h3,5-6,9H,2,4,7-8,15H2,1H3,(H,16,20)(H,17,18,19). The number of benzene rings is 1. The zero-order valence-corrected chi connectivity index (χ0v) is 11.9. The average molecular weight is 289 g/mol. The van der Waals surface area contributed by atoms with E-state index in [1.807, 2.05) is 6.92 Å². The van der Waals surface area contributed by atoms with E-state index in [1.54, 1.807) is 24.3 Å². The summed E-state index contributed by atoms with van der Waals surface area (Å²) in [6, 6.07) is 7.10. The summed E-state index contributed by atoms with van der Waals surface area (Å²) in [6.45, 7) is 2.90. The maximum Gasteiger partial charge on any atom is 0.295 e. The second-order valence-electron chi connectivity index (χ2n) is 4.47. The van der Waals surface area contributed by atoms with Crippen LogP contribution in [0, 0.1) is 0 Å². The van der Waals surface area contributed by atoms with E-state index in [0.29, 0.717) is 30.4 Å². The van der Waals surface area contributed by atoms with Crippen molar-refractivity contribution < 1.29 is 9.53 Å². The van der Waals surface area contributed by atoms with Crippen molar-refractivity contribution in [3.63, 3.8) is 0 Å². The summed E-state index contributed by atoms with van der Waals surface area (Å²) in [5, 5.41) is 9.39. The van der Waals surface area contributed by atoms with Crippen molar-refractivity contribution in [2.24, 2.45) is 5.73 Å². The summed E-state index contributed by atoms with van der Waals surface area (Å²) in [7, 11) is 0. The Labute approximate surface area is 122 Å². The molecule has 0 bridgehead atoms. The van der Waals surface area contributed by atoms with Crippen molar-refractivity contribution in [3.05, 3.63) is 35.9 Å². The molecule has 0 aliphatic rings. The molecule has 7 nitrogen and oxygen atoms in total. The van der Waals surface area contributed by atoms with E-state index in [9.17, 15) is 4.79 Å². The van der Waals surface area contributed by atoms with Crippen LogP contribution in [0.15, 0.2) is 24.3 Å². The molecule has 4 N–H and O–H groups in total. The highest BCUT2D eigenvalue weighted by Gasteiger charge is 2.12. The van der Waals surface area contributed by atoms with Crippen molar-refractivity contribution >= 4 is 11.6 Å². The number of amides is 1. The fraction of sp³-hybridized carbons (Fsp3) is 0.357. The lowest BCUT2D eigenvalue weighted by atomic mass is 10.3. The van der Waals surface area contributed by atoms with Crippen LogP contribution in [0.25, 0.3) is 0 Å². The van der Waals surface area contributed by atoms with Crippen LogP contribution in [0.1, 0.15) is 29.8 Å². The number of carbonyl (C=O) groups excluding carboxylic acids is 1. The van der Waals surface area contributed by atoms with E-state index < -0.39 is 0 Å². The molecule has 2 rings (SSSR count). The molecule has 0 aliphatic carbocycles. The van der Waals surface area contributed by atoms with Gasteiger partial charge in [-0.2, -0.15) is 0 Å².